The van der Waals surface area contributed by atoms with Gasteiger partial charge in [-0.25, -0.2) is 4.90 Å². The third kappa shape index (κ3) is 3.83. The average Bonchev–Trinajstić information content (AvgIpc) is 3.31. The molecule has 2 aromatic carbocycles. The molecule has 1 aliphatic heterocycles. The normalized spacial score (nSPS) is 13.9. The highest BCUT2D eigenvalue weighted by Gasteiger charge is 2.40. The number of ether oxygens (including phenoxy) is 1. The molecule has 0 spiro atoms. The minimum Gasteiger partial charge on any atom is -0.494 e. The van der Waals surface area contributed by atoms with E-state index < -0.39 is 0 Å². The molecular weight excluding hydrogens is 452 g/mol. The molecule has 0 fully saturated rings. The number of benzene rings is 2. The van der Waals surface area contributed by atoms with Crippen LogP contribution in [0.5, 0.6) is 5.75 Å². The Bertz CT molecular complexity index is 1090. The first kappa shape index (κ1) is 19.4. The van der Waals surface area contributed by atoms with Crippen LogP contribution in [-0.4, -0.2) is 18.4 Å². The zero-order chi connectivity index (χ0) is 20.4. The van der Waals surface area contributed by atoms with E-state index >= 15 is 0 Å². The average molecular weight is 469 g/mol. The van der Waals surface area contributed by atoms with E-state index in [0.717, 1.165) is 15.1 Å². The van der Waals surface area contributed by atoms with Crippen molar-refractivity contribution in [3.05, 3.63) is 81.1 Å². The lowest BCUT2D eigenvalue weighted by Crippen LogP contribution is -2.32. The Morgan fingerprint density at radius 2 is 1.83 bits per heavy atom. The van der Waals surface area contributed by atoms with Crippen LogP contribution in [-0.2, 0) is 9.59 Å². The van der Waals surface area contributed by atoms with E-state index in [9.17, 15) is 9.59 Å². The minimum atomic E-state index is -0.384. The molecule has 0 saturated heterocycles. The number of hydrogen-bond donors (Lipinski definition) is 1. The molecule has 3 aromatic rings. The van der Waals surface area contributed by atoms with Gasteiger partial charge in [-0.05, 0) is 60.8 Å². The molecule has 0 bridgehead atoms. The summed E-state index contributed by atoms with van der Waals surface area (Å²) in [5, 5.41) is 5.04. The summed E-state index contributed by atoms with van der Waals surface area (Å²) in [4.78, 5) is 28.5. The Hall–Kier alpha value is -2.90. The lowest BCUT2D eigenvalue weighted by Gasteiger charge is -2.15. The minimum absolute atomic E-state index is 0.265. The van der Waals surface area contributed by atoms with Crippen LogP contribution in [0.4, 0.5) is 11.4 Å². The van der Waals surface area contributed by atoms with Gasteiger partial charge in [0.25, 0.3) is 11.8 Å². The first-order valence-corrected chi connectivity index (χ1v) is 10.7. The van der Waals surface area contributed by atoms with E-state index in [1.165, 1.54) is 16.2 Å². The fourth-order valence-electron chi connectivity index (χ4n) is 3.09. The molecule has 0 radical (unpaired) electrons. The molecular formula is C22H17BrN2O3S. The molecule has 2 heterocycles. The van der Waals surface area contributed by atoms with Crippen molar-refractivity contribution in [2.75, 3.05) is 16.8 Å². The number of nitrogens with zero attached hydrogens (tertiary/aromatic N) is 1. The van der Waals surface area contributed by atoms with Gasteiger partial charge in [0.1, 0.15) is 11.4 Å². The van der Waals surface area contributed by atoms with Crippen molar-refractivity contribution in [2.24, 2.45) is 0 Å². The maximum absolute atomic E-state index is 13.3. The fourth-order valence-corrected chi connectivity index (χ4v) is 4.25. The molecule has 4 rings (SSSR count). The second kappa shape index (κ2) is 8.23. The van der Waals surface area contributed by atoms with Crippen LogP contribution in [0, 0.1) is 0 Å². The Kier molecular flexibility index (Phi) is 5.51. The maximum Gasteiger partial charge on any atom is 0.282 e. The van der Waals surface area contributed by atoms with Crippen molar-refractivity contribution in [3.63, 3.8) is 0 Å². The number of carbonyl (C=O) groups excluding carboxylic acids is 2. The first-order valence-electron chi connectivity index (χ1n) is 9.01. The number of hydrogen-bond acceptors (Lipinski definition) is 5. The molecule has 1 aliphatic rings. The van der Waals surface area contributed by atoms with Gasteiger partial charge in [0.15, 0.2) is 0 Å². The summed E-state index contributed by atoms with van der Waals surface area (Å²) in [7, 11) is 0. The predicted molar refractivity (Wildman–Crippen MR) is 119 cm³/mol. The number of rotatable bonds is 6. The highest BCUT2D eigenvalue weighted by molar-refractivity contribution is 9.10. The van der Waals surface area contributed by atoms with Crippen molar-refractivity contribution in [1.82, 2.24) is 0 Å². The van der Waals surface area contributed by atoms with Crippen LogP contribution in [0.15, 0.2) is 76.2 Å². The van der Waals surface area contributed by atoms with Crippen molar-refractivity contribution >= 4 is 56.0 Å². The zero-order valence-corrected chi connectivity index (χ0v) is 17.9. The van der Waals surface area contributed by atoms with E-state index in [2.05, 4.69) is 21.2 Å². The summed E-state index contributed by atoms with van der Waals surface area (Å²) < 4.78 is 6.26. The molecule has 7 heteroatoms. The predicted octanol–water partition coefficient (Wildman–Crippen LogP) is 5.31. The van der Waals surface area contributed by atoms with Crippen molar-refractivity contribution in [2.45, 2.75) is 6.92 Å². The van der Waals surface area contributed by atoms with Crippen molar-refractivity contribution in [3.8, 4) is 5.75 Å². The topological polar surface area (TPSA) is 58.6 Å². The molecule has 1 N–H and O–H groups in total. The molecule has 0 unspecified atom stereocenters. The Labute approximate surface area is 180 Å². The van der Waals surface area contributed by atoms with Gasteiger partial charge in [-0.3, -0.25) is 9.59 Å². The lowest BCUT2D eigenvalue weighted by molar-refractivity contribution is -0.120. The summed E-state index contributed by atoms with van der Waals surface area (Å²) >= 11 is 4.83. The molecule has 5 nitrogen and oxygen atoms in total. The van der Waals surface area contributed by atoms with E-state index in [1.54, 1.807) is 18.2 Å². The van der Waals surface area contributed by atoms with Gasteiger partial charge in [0.2, 0.25) is 0 Å². The SMILES string of the molecule is CCOc1ccc(NC2=C(c3cccs3)C(=O)N(c3cccc(Br)c3)C2=O)cc1. The monoisotopic (exact) mass is 468 g/mol. The smallest absolute Gasteiger partial charge is 0.282 e. The van der Waals surface area contributed by atoms with Crippen molar-refractivity contribution < 1.29 is 14.3 Å². The molecule has 0 saturated carbocycles. The van der Waals surface area contributed by atoms with Crippen LogP contribution in [0.1, 0.15) is 11.8 Å². The third-order valence-electron chi connectivity index (χ3n) is 4.35. The lowest BCUT2D eigenvalue weighted by atomic mass is 10.2. The number of amides is 2. The number of halogens is 1. The van der Waals surface area contributed by atoms with Gasteiger partial charge in [-0.15, -0.1) is 11.3 Å². The summed E-state index contributed by atoms with van der Waals surface area (Å²) in [6, 6.07) is 18.1. The quantitative estimate of drug-likeness (QED) is 0.498. The zero-order valence-electron chi connectivity index (χ0n) is 15.5. The first-order chi connectivity index (χ1) is 14.1. The highest BCUT2D eigenvalue weighted by Crippen LogP contribution is 2.36. The van der Waals surface area contributed by atoms with Crippen LogP contribution in [0.3, 0.4) is 0 Å². The van der Waals surface area contributed by atoms with Gasteiger partial charge >= 0.3 is 0 Å². The van der Waals surface area contributed by atoms with Gasteiger partial charge in [0.05, 0.1) is 17.9 Å². The Morgan fingerprint density at radius 1 is 1.03 bits per heavy atom. The molecule has 29 heavy (non-hydrogen) atoms. The number of imide groups is 1. The van der Waals surface area contributed by atoms with E-state index in [0.29, 0.717) is 23.6 Å². The second-order valence-electron chi connectivity index (χ2n) is 6.24. The summed E-state index contributed by atoms with van der Waals surface area (Å²) in [6.45, 7) is 2.50. The van der Waals surface area contributed by atoms with Crippen LogP contribution >= 0.6 is 27.3 Å². The molecule has 146 valence electrons. The molecule has 0 aliphatic carbocycles. The Balaban J connectivity index is 1.73. The van der Waals surface area contributed by atoms with E-state index in [4.69, 9.17) is 4.74 Å². The Morgan fingerprint density at radius 3 is 2.48 bits per heavy atom. The molecule has 1 aromatic heterocycles. The van der Waals surface area contributed by atoms with E-state index in [-0.39, 0.29) is 17.5 Å². The third-order valence-corrected chi connectivity index (χ3v) is 5.73. The second-order valence-corrected chi connectivity index (χ2v) is 8.10. The van der Waals surface area contributed by atoms with Gasteiger partial charge < -0.3 is 10.1 Å². The largest absolute Gasteiger partial charge is 0.494 e. The highest BCUT2D eigenvalue weighted by atomic mass is 79.9. The standard InChI is InChI=1S/C22H17BrN2O3S/c1-2-28-17-10-8-15(9-11-17)24-20-19(18-7-4-12-29-18)21(26)25(22(20)27)16-6-3-5-14(23)13-16/h3-13,24H,2H2,1H3. The number of anilines is 2. The summed E-state index contributed by atoms with van der Waals surface area (Å²) in [6.07, 6.45) is 0. The van der Waals surface area contributed by atoms with Gasteiger partial charge in [-0.1, -0.05) is 28.1 Å². The number of thiophene rings is 1. The fraction of sp³-hybridized carbons (Fsp3) is 0.0909. The van der Waals surface area contributed by atoms with Crippen LogP contribution in [0.2, 0.25) is 0 Å². The summed E-state index contributed by atoms with van der Waals surface area (Å²) in [5.74, 6) is 0.0180. The van der Waals surface area contributed by atoms with E-state index in [1.807, 2.05) is 54.8 Å². The van der Waals surface area contributed by atoms with Crippen LogP contribution < -0.4 is 15.0 Å². The number of carbonyl (C=O) groups is 2. The van der Waals surface area contributed by atoms with Crippen LogP contribution in [0.25, 0.3) is 5.57 Å². The molecule has 2 amide bonds. The summed E-state index contributed by atoms with van der Waals surface area (Å²) in [5.41, 5.74) is 1.86. The molecule has 0 atom stereocenters. The van der Waals surface area contributed by atoms with Crippen molar-refractivity contribution in [1.29, 1.82) is 0 Å². The van der Waals surface area contributed by atoms with Gasteiger partial charge in [0, 0.05) is 15.0 Å². The number of nitrogens with one attached hydrogen (secondary N) is 1. The van der Waals surface area contributed by atoms with Gasteiger partial charge in [-0.2, -0.15) is 0 Å². The maximum atomic E-state index is 13.3.